The average Bonchev–Trinajstić information content (AvgIpc) is 3.15. The van der Waals surface area contributed by atoms with E-state index >= 15 is 0 Å². The molecule has 3 aromatic rings. The van der Waals surface area contributed by atoms with Gasteiger partial charge in [-0.15, -0.1) is 11.3 Å². The lowest BCUT2D eigenvalue weighted by Gasteiger charge is -2.40. The molecule has 0 radical (unpaired) electrons. The number of aryl methyl sites for hydroxylation is 2. The normalized spacial score (nSPS) is 18.1. The Morgan fingerprint density at radius 1 is 1.22 bits per heavy atom. The predicted octanol–water partition coefficient (Wildman–Crippen LogP) is 4.97. The monoisotopic (exact) mass is 324 g/mol. The van der Waals surface area contributed by atoms with Crippen LogP contribution in [0, 0.1) is 13.8 Å². The lowest BCUT2D eigenvalue weighted by Crippen LogP contribution is -2.39. The molecule has 0 bridgehead atoms. The summed E-state index contributed by atoms with van der Waals surface area (Å²) in [6, 6.07) is 13.2. The topological polar surface area (TPSA) is 29.3 Å². The summed E-state index contributed by atoms with van der Waals surface area (Å²) in [4.78, 5) is 8.68. The van der Waals surface area contributed by atoms with E-state index in [1.807, 2.05) is 18.3 Å². The SMILES string of the molecule is Cc1ccc(-c2nc(CN3CCC3c3cccs3)c(C)o2)cc1. The lowest BCUT2D eigenvalue weighted by molar-refractivity contribution is 0.0827. The minimum Gasteiger partial charge on any atom is -0.441 e. The summed E-state index contributed by atoms with van der Waals surface area (Å²) >= 11 is 1.84. The molecule has 1 atom stereocenters. The summed E-state index contributed by atoms with van der Waals surface area (Å²) in [6.07, 6.45) is 1.24. The van der Waals surface area contributed by atoms with E-state index in [2.05, 4.69) is 53.6 Å². The molecule has 2 aromatic heterocycles. The zero-order valence-electron chi connectivity index (χ0n) is 13.5. The van der Waals surface area contributed by atoms with Gasteiger partial charge in [0.05, 0.1) is 5.69 Å². The van der Waals surface area contributed by atoms with Crippen molar-refractivity contribution in [3.63, 3.8) is 0 Å². The summed E-state index contributed by atoms with van der Waals surface area (Å²) < 4.78 is 5.90. The third-order valence-electron chi connectivity index (χ3n) is 4.55. The fourth-order valence-electron chi connectivity index (χ4n) is 3.02. The Balaban J connectivity index is 1.53. The lowest BCUT2D eigenvalue weighted by atomic mass is 10.0. The molecule has 4 heteroatoms. The van der Waals surface area contributed by atoms with Crippen molar-refractivity contribution in [3.8, 4) is 11.5 Å². The van der Waals surface area contributed by atoms with E-state index in [9.17, 15) is 0 Å². The largest absolute Gasteiger partial charge is 0.441 e. The first-order chi connectivity index (χ1) is 11.2. The number of oxazole rings is 1. The number of hydrogen-bond donors (Lipinski definition) is 0. The second-order valence-corrected chi connectivity index (χ2v) is 7.16. The Hall–Kier alpha value is -1.91. The van der Waals surface area contributed by atoms with Crippen LogP contribution in [0.5, 0.6) is 0 Å². The Morgan fingerprint density at radius 3 is 2.70 bits per heavy atom. The third-order valence-corrected chi connectivity index (χ3v) is 5.52. The van der Waals surface area contributed by atoms with Crippen molar-refractivity contribution in [1.29, 1.82) is 0 Å². The highest BCUT2D eigenvalue weighted by Gasteiger charge is 2.31. The van der Waals surface area contributed by atoms with E-state index in [0.717, 1.165) is 36.0 Å². The van der Waals surface area contributed by atoms with E-state index in [0.29, 0.717) is 6.04 Å². The number of benzene rings is 1. The second kappa shape index (κ2) is 5.95. The van der Waals surface area contributed by atoms with Crippen molar-refractivity contribution in [2.75, 3.05) is 6.54 Å². The Bertz CT molecular complexity index is 789. The highest BCUT2D eigenvalue weighted by atomic mass is 32.1. The molecule has 118 valence electrons. The van der Waals surface area contributed by atoms with Gasteiger partial charge in [-0.1, -0.05) is 23.8 Å². The maximum atomic E-state index is 5.90. The van der Waals surface area contributed by atoms with Gasteiger partial charge in [0.2, 0.25) is 5.89 Å². The van der Waals surface area contributed by atoms with Crippen molar-refractivity contribution in [2.45, 2.75) is 32.9 Å². The van der Waals surface area contributed by atoms with Gasteiger partial charge in [-0.3, -0.25) is 4.90 Å². The predicted molar refractivity (Wildman–Crippen MR) is 93.5 cm³/mol. The van der Waals surface area contributed by atoms with Gasteiger partial charge in [-0.2, -0.15) is 0 Å². The van der Waals surface area contributed by atoms with E-state index in [-0.39, 0.29) is 0 Å². The van der Waals surface area contributed by atoms with Crippen LogP contribution >= 0.6 is 11.3 Å². The molecule has 1 unspecified atom stereocenters. The molecule has 3 nitrogen and oxygen atoms in total. The molecule has 0 saturated carbocycles. The van der Waals surface area contributed by atoms with Crippen LogP contribution in [-0.4, -0.2) is 16.4 Å². The van der Waals surface area contributed by atoms with Crippen molar-refractivity contribution >= 4 is 11.3 Å². The Morgan fingerprint density at radius 2 is 2.04 bits per heavy atom. The number of hydrogen-bond acceptors (Lipinski definition) is 4. The van der Waals surface area contributed by atoms with Crippen LogP contribution in [-0.2, 0) is 6.54 Å². The van der Waals surface area contributed by atoms with Gasteiger partial charge in [-0.05, 0) is 43.8 Å². The van der Waals surface area contributed by atoms with E-state index in [1.165, 1.54) is 16.9 Å². The first-order valence-electron chi connectivity index (χ1n) is 8.01. The zero-order chi connectivity index (χ0) is 15.8. The van der Waals surface area contributed by atoms with Crippen LogP contribution < -0.4 is 0 Å². The van der Waals surface area contributed by atoms with E-state index in [4.69, 9.17) is 9.40 Å². The number of likely N-dealkylation sites (tertiary alicyclic amines) is 1. The van der Waals surface area contributed by atoms with Crippen LogP contribution in [0.1, 0.15) is 34.4 Å². The second-order valence-electron chi connectivity index (χ2n) is 6.18. The summed E-state index contributed by atoms with van der Waals surface area (Å²) in [5.74, 6) is 1.66. The van der Waals surface area contributed by atoms with Gasteiger partial charge in [0.25, 0.3) is 0 Å². The molecule has 0 spiro atoms. The van der Waals surface area contributed by atoms with Crippen LogP contribution in [0.15, 0.2) is 46.2 Å². The molecule has 1 fully saturated rings. The molecular formula is C19H20N2OS. The molecule has 4 rings (SSSR count). The first-order valence-corrected chi connectivity index (χ1v) is 8.89. The molecular weight excluding hydrogens is 304 g/mol. The minimum atomic E-state index is 0.550. The molecule has 0 amide bonds. The van der Waals surface area contributed by atoms with E-state index < -0.39 is 0 Å². The summed E-state index contributed by atoms with van der Waals surface area (Å²) in [5.41, 5.74) is 3.35. The molecule has 3 heterocycles. The number of rotatable bonds is 4. The van der Waals surface area contributed by atoms with Crippen molar-refractivity contribution < 1.29 is 4.42 Å². The van der Waals surface area contributed by atoms with Gasteiger partial charge in [0.15, 0.2) is 0 Å². The van der Waals surface area contributed by atoms with Gasteiger partial charge in [0.1, 0.15) is 5.76 Å². The Labute approximate surface area is 140 Å². The molecule has 1 aliphatic heterocycles. The fraction of sp³-hybridized carbons (Fsp3) is 0.316. The highest BCUT2D eigenvalue weighted by molar-refractivity contribution is 7.10. The molecule has 0 aliphatic carbocycles. The standard InChI is InChI=1S/C19H20N2OS/c1-13-5-7-15(8-6-13)19-20-16(14(2)22-19)12-21-10-9-17(21)18-4-3-11-23-18/h3-8,11,17H,9-10,12H2,1-2H3. The Kier molecular flexibility index (Phi) is 3.79. The minimum absolute atomic E-state index is 0.550. The average molecular weight is 324 g/mol. The molecule has 23 heavy (non-hydrogen) atoms. The van der Waals surface area contributed by atoms with Gasteiger partial charge in [0, 0.05) is 29.6 Å². The summed E-state index contributed by atoms with van der Waals surface area (Å²) in [5, 5.41) is 2.16. The molecule has 0 N–H and O–H groups in total. The van der Waals surface area contributed by atoms with Crippen molar-refractivity contribution in [3.05, 3.63) is 63.7 Å². The maximum Gasteiger partial charge on any atom is 0.226 e. The van der Waals surface area contributed by atoms with Crippen LogP contribution in [0.4, 0.5) is 0 Å². The number of nitrogens with zero attached hydrogens (tertiary/aromatic N) is 2. The van der Waals surface area contributed by atoms with Gasteiger partial charge < -0.3 is 4.42 Å². The van der Waals surface area contributed by atoms with Gasteiger partial charge >= 0.3 is 0 Å². The maximum absolute atomic E-state index is 5.90. The molecule has 1 aliphatic rings. The summed E-state index contributed by atoms with van der Waals surface area (Å²) in [7, 11) is 0. The fourth-order valence-corrected chi connectivity index (χ4v) is 3.92. The molecule has 1 aromatic carbocycles. The number of aromatic nitrogens is 1. The van der Waals surface area contributed by atoms with Crippen LogP contribution in [0.25, 0.3) is 11.5 Å². The zero-order valence-corrected chi connectivity index (χ0v) is 14.3. The number of thiophene rings is 1. The quantitative estimate of drug-likeness (QED) is 0.679. The van der Waals surface area contributed by atoms with Crippen molar-refractivity contribution in [1.82, 2.24) is 9.88 Å². The smallest absolute Gasteiger partial charge is 0.226 e. The third kappa shape index (κ3) is 2.84. The van der Waals surface area contributed by atoms with Crippen LogP contribution in [0.3, 0.4) is 0 Å². The van der Waals surface area contributed by atoms with Crippen molar-refractivity contribution in [2.24, 2.45) is 0 Å². The van der Waals surface area contributed by atoms with Crippen LogP contribution in [0.2, 0.25) is 0 Å². The molecule has 1 saturated heterocycles. The van der Waals surface area contributed by atoms with Gasteiger partial charge in [-0.25, -0.2) is 4.98 Å². The highest BCUT2D eigenvalue weighted by Crippen LogP contribution is 2.37. The van der Waals surface area contributed by atoms with E-state index in [1.54, 1.807) is 0 Å². The first kappa shape index (κ1) is 14.7. The summed E-state index contributed by atoms with van der Waals surface area (Å²) in [6.45, 7) is 6.10.